The lowest BCUT2D eigenvalue weighted by Gasteiger charge is -2.26. The van der Waals surface area contributed by atoms with E-state index in [0.717, 1.165) is 0 Å². The molecule has 0 rings (SSSR count). The highest BCUT2D eigenvalue weighted by Gasteiger charge is 2.31. The summed E-state index contributed by atoms with van der Waals surface area (Å²) in [6, 6.07) is -4.49. The molecular formula is C20H39N7O6. The maximum atomic E-state index is 12.7. The Kier molecular flexibility index (Phi) is 13.7. The van der Waals surface area contributed by atoms with Gasteiger partial charge in [0.1, 0.15) is 18.1 Å². The van der Waals surface area contributed by atoms with Crippen LogP contribution in [0.15, 0.2) is 4.99 Å². The van der Waals surface area contributed by atoms with Crippen LogP contribution in [0, 0.1) is 11.8 Å². The number of aliphatic hydroxyl groups excluding tert-OH is 1. The van der Waals surface area contributed by atoms with Crippen LogP contribution in [0.5, 0.6) is 0 Å². The summed E-state index contributed by atoms with van der Waals surface area (Å²) in [5.41, 5.74) is 16.2. The Hall–Kier alpha value is -2.93. The molecule has 4 atom stereocenters. The van der Waals surface area contributed by atoms with Crippen molar-refractivity contribution in [2.45, 2.75) is 71.1 Å². The van der Waals surface area contributed by atoms with Crippen molar-refractivity contribution >= 4 is 29.7 Å². The van der Waals surface area contributed by atoms with Gasteiger partial charge in [0.25, 0.3) is 0 Å². The number of aliphatic imine (C=N–C) groups is 1. The molecule has 0 aromatic rings. The number of nitrogens with one attached hydrogen (secondary N) is 3. The van der Waals surface area contributed by atoms with Crippen molar-refractivity contribution in [1.29, 1.82) is 0 Å². The van der Waals surface area contributed by atoms with Crippen molar-refractivity contribution in [1.82, 2.24) is 16.0 Å². The molecule has 33 heavy (non-hydrogen) atoms. The Balaban J connectivity index is 5.14. The van der Waals surface area contributed by atoms with Crippen LogP contribution in [0.25, 0.3) is 0 Å². The summed E-state index contributed by atoms with van der Waals surface area (Å²) in [6.07, 6.45) is 0.769. The van der Waals surface area contributed by atoms with E-state index >= 15 is 0 Å². The number of rotatable bonds is 15. The fourth-order valence-corrected chi connectivity index (χ4v) is 2.90. The Morgan fingerprint density at radius 1 is 0.909 bits per heavy atom. The topological polar surface area (TPSA) is 235 Å². The number of hydrogen-bond donors (Lipinski definition) is 8. The highest BCUT2D eigenvalue weighted by Crippen LogP contribution is 2.07. The fraction of sp³-hybridized carbons (Fsp3) is 0.750. The zero-order valence-corrected chi connectivity index (χ0v) is 19.7. The number of aliphatic hydroxyl groups is 1. The van der Waals surface area contributed by atoms with E-state index in [4.69, 9.17) is 17.2 Å². The smallest absolute Gasteiger partial charge is 0.326 e. The molecular weight excluding hydrogens is 434 g/mol. The van der Waals surface area contributed by atoms with Gasteiger partial charge in [-0.3, -0.25) is 19.4 Å². The molecule has 0 saturated carbocycles. The maximum Gasteiger partial charge on any atom is 0.326 e. The summed E-state index contributed by atoms with van der Waals surface area (Å²) in [7, 11) is 0. The summed E-state index contributed by atoms with van der Waals surface area (Å²) in [4.78, 5) is 52.8. The molecule has 0 aromatic heterocycles. The molecule has 4 unspecified atom stereocenters. The zero-order chi connectivity index (χ0) is 25.7. The third-order valence-corrected chi connectivity index (χ3v) is 4.68. The summed E-state index contributed by atoms with van der Waals surface area (Å²) < 4.78 is 0. The van der Waals surface area contributed by atoms with Gasteiger partial charge < -0.3 is 43.4 Å². The minimum Gasteiger partial charge on any atom is -0.480 e. The Bertz CT molecular complexity index is 694. The first-order valence-electron chi connectivity index (χ1n) is 10.9. The fourth-order valence-electron chi connectivity index (χ4n) is 2.90. The van der Waals surface area contributed by atoms with Crippen molar-refractivity contribution in [2.24, 2.45) is 34.0 Å². The van der Waals surface area contributed by atoms with Gasteiger partial charge >= 0.3 is 5.97 Å². The third kappa shape index (κ3) is 12.0. The van der Waals surface area contributed by atoms with E-state index in [9.17, 15) is 29.4 Å². The molecule has 0 spiro atoms. The van der Waals surface area contributed by atoms with E-state index in [1.165, 1.54) is 0 Å². The number of aliphatic carboxylic acids is 1. The van der Waals surface area contributed by atoms with Gasteiger partial charge in [-0.25, -0.2) is 4.79 Å². The Morgan fingerprint density at radius 3 is 1.94 bits per heavy atom. The van der Waals surface area contributed by atoms with Gasteiger partial charge in [0.05, 0.1) is 12.6 Å². The Morgan fingerprint density at radius 2 is 1.48 bits per heavy atom. The first-order valence-corrected chi connectivity index (χ1v) is 10.9. The maximum absolute atomic E-state index is 12.7. The summed E-state index contributed by atoms with van der Waals surface area (Å²) in [5.74, 6) is -3.74. The number of carbonyl (C=O) groups is 4. The van der Waals surface area contributed by atoms with Crippen molar-refractivity contribution in [3.8, 4) is 0 Å². The average molecular weight is 474 g/mol. The molecule has 0 saturated heterocycles. The van der Waals surface area contributed by atoms with Crippen LogP contribution in [0.3, 0.4) is 0 Å². The van der Waals surface area contributed by atoms with Crippen molar-refractivity contribution in [2.75, 3.05) is 13.2 Å². The molecule has 0 heterocycles. The predicted molar refractivity (Wildman–Crippen MR) is 123 cm³/mol. The van der Waals surface area contributed by atoms with Crippen LogP contribution in [-0.4, -0.2) is 77.2 Å². The summed E-state index contributed by atoms with van der Waals surface area (Å²) in [6.45, 7) is 6.58. The second-order valence-corrected chi connectivity index (χ2v) is 8.56. The number of nitrogens with two attached hydrogens (primary N) is 3. The van der Waals surface area contributed by atoms with Crippen molar-refractivity contribution in [3.63, 3.8) is 0 Å². The molecule has 190 valence electrons. The number of carboxylic acid groups (broad SMARTS) is 1. The first-order chi connectivity index (χ1) is 15.3. The second-order valence-electron chi connectivity index (χ2n) is 8.56. The van der Waals surface area contributed by atoms with E-state index in [2.05, 4.69) is 20.9 Å². The van der Waals surface area contributed by atoms with Gasteiger partial charge in [0.2, 0.25) is 17.7 Å². The Labute approximate surface area is 193 Å². The highest BCUT2D eigenvalue weighted by molar-refractivity contribution is 5.94. The van der Waals surface area contributed by atoms with E-state index in [-0.39, 0.29) is 24.8 Å². The minimum atomic E-state index is -1.32. The number of amides is 3. The lowest BCUT2D eigenvalue weighted by atomic mass is 10.0. The lowest BCUT2D eigenvalue weighted by Crippen LogP contribution is -2.59. The van der Waals surface area contributed by atoms with E-state index in [1.807, 2.05) is 13.8 Å². The highest BCUT2D eigenvalue weighted by atomic mass is 16.4. The van der Waals surface area contributed by atoms with E-state index in [0.29, 0.717) is 12.8 Å². The normalized spacial score (nSPS) is 14.7. The van der Waals surface area contributed by atoms with Crippen LogP contribution in [-0.2, 0) is 19.2 Å². The molecule has 0 fully saturated rings. The van der Waals surface area contributed by atoms with Gasteiger partial charge in [-0.2, -0.15) is 0 Å². The largest absolute Gasteiger partial charge is 0.480 e. The zero-order valence-electron chi connectivity index (χ0n) is 19.7. The van der Waals surface area contributed by atoms with Gasteiger partial charge in [0, 0.05) is 6.54 Å². The molecule has 0 radical (unpaired) electrons. The van der Waals surface area contributed by atoms with Crippen molar-refractivity contribution < 1.29 is 29.4 Å². The monoisotopic (exact) mass is 473 g/mol. The van der Waals surface area contributed by atoms with E-state index in [1.54, 1.807) is 13.8 Å². The number of nitrogens with zero attached hydrogens (tertiary/aromatic N) is 1. The lowest BCUT2D eigenvalue weighted by molar-refractivity contribution is -0.142. The molecule has 0 aliphatic rings. The predicted octanol–water partition coefficient (Wildman–Crippen LogP) is -2.40. The van der Waals surface area contributed by atoms with Crippen LogP contribution in [0.1, 0.15) is 47.0 Å². The molecule has 0 aliphatic carbocycles. The first kappa shape index (κ1) is 30.1. The number of carboxylic acids is 1. The number of hydrogen-bond acceptors (Lipinski definition) is 7. The minimum absolute atomic E-state index is 0.0691. The van der Waals surface area contributed by atoms with Gasteiger partial charge in [-0.1, -0.05) is 27.7 Å². The summed E-state index contributed by atoms with van der Waals surface area (Å²) in [5, 5.41) is 26.2. The van der Waals surface area contributed by atoms with Crippen LogP contribution >= 0.6 is 0 Å². The third-order valence-electron chi connectivity index (χ3n) is 4.68. The molecule has 0 aromatic carbocycles. The SMILES string of the molecule is CC(C)CC(N)C(=O)NC(CO)C(=O)NC(C(=O)NC(CCCN=C(N)N)C(=O)O)C(C)C. The molecule has 13 nitrogen and oxygen atoms in total. The van der Waals surface area contributed by atoms with Gasteiger partial charge in [-0.05, 0) is 31.1 Å². The van der Waals surface area contributed by atoms with E-state index < -0.39 is 60.4 Å². The molecule has 3 amide bonds. The standard InChI is InChI=1S/C20H39N7O6/c1-10(2)8-12(21)16(29)26-14(9-28)17(30)27-15(11(3)4)18(31)25-13(19(32)33)6-5-7-24-20(22)23/h10-15,28H,5-9,21H2,1-4H3,(H,25,31)(H,26,29)(H,27,30)(H,32,33)(H4,22,23,24). The van der Waals surface area contributed by atoms with Gasteiger partial charge in [0.15, 0.2) is 5.96 Å². The second kappa shape index (κ2) is 15.0. The summed E-state index contributed by atoms with van der Waals surface area (Å²) >= 11 is 0. The van der Waals surface area contributed by atoms with Crippen LogP contribution in [0.4, 0.5) is 0 Å². The van der Waals surface area contributed by atoms with Gasteiger partial charge in [-0.15, -0.1) is 0 Å². The molecule has 13 heteroatoms. The van der Waals surface area contributed by atoms with Crippen LogP contribution in [0.2, 0.25) is 0 Å². The molecule has 0 aliphatic heterocycles. The molecule has 11 N–H and O–H groups in total. The quantitative estimate of drug-likeness (QED) is 0.0717. The molecule has 0 bridgehead atoms. The average Bonchev–Trinajstić information content (AvgIpc) is 2.70. The van der Waals surface area contributed by atoms with Crippen LogP contribution < -0.4 is 33.2 Å². The number of guanidine groups is 1. The van der Waals surface area contributed by atoms with Crippen molar-refractivity contribution in [3.05, 3.63) is 0 Å². The number of carbonyl (C=O) groups excluding carboxylic acids is 3.